The summed E-state index contributed by atoms with van der Waals surface area (Å²) < 4.78 is 0. The van der Waals surface area contributed by atoms with Gasteiger partial charge in [0.15, 0.2) is 5.82 Å². The fourth-order valence-electron chi connectivity index (χ4n) is 1.57. The normalized spacial score (nSPS) is 15.7. The highest BCUT2D eigenvalue weighted by Crippen LogP contribution is 2.26. The van der Waals surface area contributed by atoms with Gasteiger partial charge in [-0.1, -0.05) is 24.8 Å². The topological polar surface area (TPSA) is 25.8 Å². The van der Waals surface area contributed by atoms with Gasteiger partial charge in [0.1, 0.15) is 0 Å². The standard InChI is InChI=1S/C12H12N2/c1-2-10-6-3-4-7-11(10)12-13-8-5-9-14-12/h2-3,5-6,8-9H,1,4,7H2. The minimum absolute atomic E-state index is 0.826. The van der Waals surface area contributed by atoms with Crippen LogP contribution >= 0.6 is 0 Å². The molecule has 0 spiro atoms. The van der Waals surface area contributed by atoms with E-state index in [0.29, 0.717) is 0 Å². The average Bonchev–Trinajstić information content (AvgIpc) is 2.30. The smallest absolute Gasteiger partial charge is 0.155 e. The van der Waals surface area contributed by atoms with Crippen LogP contribution in [0.2, 0.25) is 0 Å². The molecule has 0 aromatic carbocycles. The van der Waals surface area contributed by atoms with Gasteiger partial charge < -0.3 is 0 Å². The molecule has 0 bridgehead atoms. The average molecular weight is 184 g/mol. The zero-order chi connectivity index (χ0) is 9.80. The monoisotopic (exact) mass is 184 g/mol. The number of nitrogens with zero attached hydrogens (tertiary/aromatic N) is 2. The van der Waals surface area contributed by atoms with Crippen molar-refractivity contribution in [1.29, 1.82) is 0 Å². The van der Waals surface area contributed by atoms with E-state index in [1.807, 2.05) is 12.1 Å². The van der Waals surface area contributed by atoms with E-state index in [2.05, 4.69) is 28.7 Å². The molecular formula is C12H12N2. The molecule has 2 heteroatoms. The molecule has 14 heavy (non-hydrogen) atoms. The predicted molar refractivity (Wildman–Crippen MR) is 57.5 cm³/mol. The molecule has 0 fully saturated rings. The largest absolute Gasteiger partial charge is 0.237 e. The van der Waals surface area contributed by atoms with Gasteiger partial charge in [-0.2, -0.15) is 0 Å². The van der Waals surface area contributed by atoms with Gasteiger partial charge in [0.2, 0.25) is 0 Å². The maximum Gasteiger partial charge on any atom is 0.155 e. The van der Waals surface area contributed by atoms with E-state index in [1.54, 1.807) is 12.4 Å². The number of rotatable bonds is 2. The van der Waals surface area contributed by atoms with Crippen LogP contribution in [0.1, 0.15) is 18.7 Å². The molecule has 2 rings (SSSR count). The maximum atomic E-state index is 4.25. The molecule has 2 nitrogen and oxygen atoms in total. The Balaban J connectivity index is 2.46. The fourth-order valence-corrected chi connectivity index (χ4v) is 1.57. The number of allylic oxidation sites excluding steroid dienone is 5. The molecule has 0 saturated heterocycles. The van der Waals surface area contributed by atoms with Crippen molar-refractivity contribution in [2.24, 2.45) is 0 Å². The Morgan fingerprint density at radius 2 is 2.07 bits per heavy atom. The first-order valence-corrected chi connectivity index (χ1v) is 4.71. The Bertz CT molecular complexity index is 388. The highest BCUT2D eigenvalue weighted by molar-refractivity contribution is 5.70. The summed E-state index contributed by atoms with van der Waals surface area (Å²) in [5.41, 5.74) is 2.34. The van der Waals surface area contributed by atoms with Crippen LogP contribution in [0, 0.1) is 0 Å². The zero-order valence-corrected chi connectivity index (χ0v) is 7.98. The quantitative estimate of drug-likeness (QED) is 0.706. The molecule has 1 aromatic heterocycles. The Morgan fingerprint density at radius 1 is 1.29 bits per heavy atom. The van der Waals surface area contributed by atoms with Gasteiger partial charge in [-0.3, -0.25) is 0 Å². The summed E-state index contributed by atoms with van der Waals surface area (Å²) in [4.78, 5) is 8.50. The molecule has 1 aromatic rings. The van der Waals surface area contributed by atoms with Crippen molar-refractivity contribution in [2.45, 2.75) is 12.8 Å². The Kier molecular flexibility index (Phi) is 2.54. The summed E-state index contributed by atoms with van der Waals surface area (Å²) in [6.07, 6.45) is 11.7. The van der Waals surface area contributed by atoms with Crippen molar-refractivity contribution in [3.05, 3.63) is 54.7 Å². The molecule has 0 amide bonds. The second-order valence-electron chi connectivity index (χ2n) is 3.15. The molecule has 70 valence electrons. The van der Waals surface area contributed by atoms with Crippen LogP contribution in [0.3, 0.4) is 0 Å². The molecule has 0 atom stereocenters. The van der Waals surface area contributed by atoms with Crippen LogP contribution in [0.5, 0.6) is 0 Å². The summed E-state index contributed by atoms with van der Waals surface area (Å²) >= 11 is 0. The lowest BCUT2D eigenvalue weighted by Gasteiger charge is -2.11. The molecule has 0 aliphatic heterocycles. The van der Waals surface area contributed by atoms with E-state index in [4.69, 9.17) is 0 Å². The second kappa shape index (κ2) is 4.01. The summed E-state index contributed by atoms with van der Waals surface area (Å²) in [5.74, 6) is 0.826. The Morgan fingerprint density at radius 3 is 2.79 bits per heavy atom. The van der Waals surface area contributed by atoms with E-state index in [0.717, 1.165) is 24.2 Å². The van der Waals surface area contributed by atoms with Crippen LogP contribution < -0.4 is 0 Å². The summed E-state index contributed by atoms with van der Waals surface area (Å²) in [5, 5.41) is 0. The number of hydrogen-bond donors (Lipinski definition) is 0. The Labute approximate surface area is 83.7 Å². The zero-order valence-electron chi connectivity index (χ0n) is 7.98. The molecule has 0 radical (unpaired) electrons. The predicted octanol–water partition coefficient (Wildman–Crippen LogP) is 2.77. The first kappa shape index (κ1) is 8.88. The number of hydrogen-bond acceptors (Lipinski definition) is 2. The van der Waals surface area contributed by atoms with Crippen molar-refractivity contribution in [3.63, 3.8) is 0 Å². The molecule has 0 unspecified atom stereocenters. The number of aromatic nitrogens is 2. The van der Waals surface area contributed by atoms with Crippen LogP contribution in [0.4, 0.5) is 0 Å². The van der Waals surface area contributed by atoms with Crippen molar-refractivity contribution in [1.82, 2.24) is 9.97 Å². The third kappa shape index (κ3) is 1.64. The van der Waals surface area contributed by atoms with Crippen LogP contribution in [-0.2, 0) is 0 Å². The minimum atomic E-state index is 0.826. The SMILES string of the molecule is C=CC1=C(c2ncccn2)CCC=C1. The lowest BCUT2D eigenvalue weighted by atomic mass is 9.97. The molecule has 1 aliphatic rings. The van der Waals surface area contributed by atoms with E-state index in [1.165, 1.54) is 5.57 Å². The van der Waals surface area contributed by atoms with Gasteiger partial charge in [-0.25, -0.2) is 9.97 Å². The second-order valence-corrected chi connectivity index (χ2v) is 3.15. The lowest BCUT2D eigenvalue weighted by Crippen LogP contribution is -1.97. The summed E-state index contributed by atoms with van der Waals surface area (Å²) in [6, 6.07) is 1.83. The summed E-state index contributed by atoms with van der Waals surface area (Å²) in [6.45, 7) is 3.80. The van der Waals surface area contributed by atoms with E-state index in [9.17, 15) is 0 Å². The van der Waals surface area contributed by atoms with Gasteiger partial charge in [-0.05, 0) is 24.5 Å². The van der Waals surface area contributed by atoms with Gasteiger partial charge in [0.25, 0.3) is 0 Å². The summed E-state index contributed by atoms with van der Waals surface area (Å²) in [7, 11) is 0. The van der Waals surface area contributed by atoms with Gasteiger partial charge in [0, 0.05) is 18.0 Å². The van der Waals surface area contributed by atoms with E-state index >= 15 is 0 Å². The third-order valence-corrected chi connectivity index (χ3v) is 2.26. The highest BCUT2D eigenvalue weighted by Gasteiger charge is 2.09. The first-order valence-electron chi connectivity index (χ1n) is 4.71. The van der Waals surface area contributed by atoms with Crippen LogP contribution in [0.15, 0.2) is 48.8 Å². The molecule has 1 heterocycles. The third-order valence-electron chi connectivity index (χ3n) is 2.26. The molecule has 1 aliphatic carbocycles. The van der Waals surface area contributed by atoms with Crippen LogP contribution in [0.25, 0.3) is 5.57 Å². The van der Waals surface area contributed by atoms with Crippen molar-refractivity contribution in [2.75, 3.05) is 0 Å². The van der Waals surface area contributed by atoms with Gasteiger partial charge >= 0.3 is 0 Å². The van der Waals surface area contributed by atoms with Crippen LogP contribution in [-0.4, -0.2) is 9.97 Å². The van der Waals surface area contributed by atoms with E-state index < -0.39 is 0 Å². The van der Waals surface area contributed by atoms with Gasteiger partial charge in [0.05, 0.1) is 0 Å². The first-order chi connectivity index (χ1) is 6.92. The van der Waals surface area contributed by atoms with Crippen molar-refractivity contribution < 1.29 is 0 Å². The molecular weight excluding hydrogens is 172 g/mol. The lowest BCUT2D eigenvalue weighted by molar-refractivity contribution is 0.995. The highest BCUT2D eigenvalue weighted by atomic mass is 14.9. The molecule has 0 N–H and O–H groups in total. The Hall–Kier alpha value is -1.70. The maximum absolute atomic E-state index is 4.25. The van der Waals surface area contributed by atoms with Crippen molar-refractivity contribution >= 4 is 5.57 Å². The van der Waals surface area contributed by atoms with Gasteiger partial charge in [-0.15, -0.1) is 0 Å². The fraction of sp³-hybridized carbons (Fsp3) is 0.167. The molecule has 0 saturated carbocycles. The minimum Gasteiger partial charge on any atom is -0.237 e. The van der Waals surface area contributed by atoms with E-state index in [-0.39, 0.29) is 0 Å². The van der Waals surface area contributed by atoms with Crippen molar-refractivity contribution in [3.8, 4) is 0 Å².